The van der Waals surface area contributed by atoms with Crippen molar-refractivity contribution in [3.63, 3.8) is 0 Å². The van der Waals surface area contributed by atoms with Crippen molar-refractivity contribution in [1.82, 2.24) is 0 Å². The molecule has 0 aliphatic rings. The highest BCUT2D eigenvalue weighted by molar-refractivity contribution is 6.30. The number of carbonyl (C=O) groups excluding carboxylic acids is 1. The Morgan fingerprint density at radius 3 is 2.56 bits per heavy atom. The van der Waals surface area contributed by atoms with E-state index in [-0.39, 0.29) is 6.42 Å². The molecule has 1 atom stereocenters. The molecule has 0 saturated heterocycles. The van der Waals surface area contributed by atoms with E-state index in [1.54, 1.807) is 24.3 Å². The van der Waals surface area contributed by atoms with E-state index in [0.29, 0.717) is 10.6 Å². The average molecular weight is 242 g/mol. The van der Waals surface area contributed by atoms with Crippen molar-refractivity contribution < 1.29 is 14.7 Å². The van der Waals surface area contributed by atoms with E-state index in [1.165, 1.54) is 6.92 Å². The lowest BCUT2D eigenvalue weighted by Gasteiger charge is -2.20. The molecular weight excluding hydrogens is 230 g/mol. The molecule has 0 bridgehead atoms. The minimum atomic E-state index is -1.61. The second-order valence-electron chi connectivity index (χ2n) is 3.81. The Morgan fingerprint density at radius 2 is 2.12 bits per heavy atom. The summed E-state index contributed by atoms with van der Waals surface area (Å²) in [4.78, 5) is 22.2. The molecule has 0 aliphatic heterocycles. The zero-order chi connectivity index (χ0) is 12.3. The number of carboxylic acid groups (broad SMARTS) is 1. The fourth-order valence-corrected chi connectivity index (χ4v) is 1.54. The summed E-state index contributed by atoms with van der Waals surface area (Å²) in [6.45, 7) is 1.30. The molecule has 0 aliphatic carbocycles. The van der Waals surface area contributed by atoms with Crippen LogP contribution < -0.4 is 5.73 Å². The molecule has 1 unspecified atom stereocenters. The molecule has 0 heterocycles. The van der Waals surface area contributed by atoms with Gasteiger partial charge in [-0.3, -0.25) is 9.59 Å². The van der Waals surface area contributed by atoms with E-state index in [9.17, 15) is 9.59 Å². The standard InChI is InChI=1S/C11H12ClNO3/c1-11(9(13)14,10(15)16)6-7-3-2-4-8(12)5-7/h2-5H,6H2,1H3,(H2,13,14)(H,15,16). The van der Waals surface area contributed by atoms with E-state index in [0.717, 1.165) is 0 Å². The Bertz CT molecular complexity index is 417. The van der Waals surface area contributed by atoms with Crippen molar-refractivity contribution in [2.75, 3.05) is 0 Å². The number of nitrogens with two attached hydrogens (primary N) is 1. The third-order valence-electron chi connectivity index (χ3n) is 2.46. The summed E-state index contributed by atoms with van der Waals surface area (Å²) in [5.74, 6) is -2.10. The van der Waals surface area contributed by atoms with Crippen molar-refractivity contribution in [3.05, 3.63) is 34.9 Å². The Balaban J connectivity index is 3.02. The van der Waals surface area contributed by atoms with Gasteiger partial charge < -0.3 is 10.8 Å². The second kappa shape index (κ2) is 4.53. The van der Waals surface area contributed by atoms with Crippen LogP contribution in [-0.2, 0) is 16.0 Å². The number of carbonyl (C=O) groups is 2. The molecular formula is C11H12ClNO3. The summed E-state index contributed by atoms with van der Waals surface area (Å²) in [6.07, 6.45) is 0.0260. The first-order chi connectivity index (χ1) is 7.36. The van der Waals surface area contributed by atoms with E-state index >= 15 is 0 Å². The third kappa shape index (κ3) is 2.52. The van der Waals surface area contributed by atoms with Gasteiger partial charge in [0.05, 0.1) is 0 Å². The summed E-state index contributed by atoms with van der Waals surface area (Å²) in [6, 6.07) is 6.69. The summed E-state index contributed by atoms with van der Waals surface area (Å²) >= 11 is 5.77. The van der Waals surface area contributed by atoms with Crippen molar-refractivity contribution in [1.29, 1.82) is 0 Å². The number of hydrogen-bond acceptors (Lipinski definition) is 2. The first kappa shape index (κ1) is 12.5. The summed E-state index contributed by atoms with van der Waals surface area (Å²) in [5.41, 5.74) is 4.16. The molecule has 0 aromatic heterocycles. The van der Waals surface area contributed by atoms with Crippen LogP contribution in [0.4, 0.5) is 0 Å². The van der Waals surface area contributed by atoms with Crippen LogP contribution in [0.1, 0.15) is 12.5 Å². The zero-order valence-corrected chi connectivity index (χ0v) is 9.49. The van der Waals surface area contributed by atoms with Crippen LogP contribution in [0.25, 0.3) is 0 Å². The van der Waals surface area contributed by atoms with Crippen LogP contribution in [0.5, 0.6) is 0 Å². The fourth-order valence-electron chi connectivity index (χ4n) is 1.32. The van der Waals surface area contributed by atoms with E-state index in [1.807, 2.05) is 0 Å². The molecule has 0 fully saturated rings. The highest BCUT2D eigenvalue weighted by Crippen LogP contribution is 2.24. The molecule has 5 heteroatoms. The molecule has 86 valence electrons. The van der Waals surface area contributed by atoms with Gasteiger partial charge in [0, 0.05) is 5.02 Å². The zero-order valence-electron chi connectivity index (χ0n) is 8.74. The number of carboxylic acids is 1. The van der Waals surface area contributed by atoms with Crippen molar-refractivity contribution in [2.24, 2.45) is 11.1 Å². The van der Waals surface area contributed by atoms with Gasteiger partial charge >= 0.3 is 5.97 Å². The number of halogens is 1. The Hall–Kier alpha value is -1.55. The van der Waals surface area contributed by atoms with Gasteiger partial charge in [-0.25, -0.2) is 0 Å². The Labute approximate surface area is 98.0 Å². The van der Waals surface area contributed by atoms with E-state index < -0.39 is 17.3 Å². The van der Waals surface area contributed by atoms with Gasteiger partial charge in [-0.1, -0.05) is 23.7 Å². The monoisotopic (exact) mass is 241 g/mol. The predicted octanol–water partition coefficient (Wildman–Crippen LogP) is 1.46. The first-order valence-electron chi connectivity index (χ1n) is 4.64. The highest BCUT2D eigenvalue weighted by atomic mass is 35.5. The molecule has 0 spiro atoms. The van der Waals surface area contributed by atoms with Crippen LogP contribution in [0.15, 0.2) is 24.3 Å². The van der Waals surface area contributed by atoms with Crippen LogP contribution >= 0.6 is 11.6 Å². The summed E-state index contributed by atoms with van der Waals surface area (Å²) in [5, 5.41) is 9.49. The SMILES string of the molecule is CC(Cc1cccc(Cl)c1)(C(N)=O)C(=O)O. The summed E-state index contributed by atoms with van der Waals surface area (Å²) in [7, 11) is 0. The molecule has 0 radical (unpaired) electrons. The quantitative estimate of drug-likeness (QED) is 0.783. The maximum absolute atomic E-state index is 11.2. The maximum Gasteiger partial charge on any atom is 0.319 e. The Morgan fingerprint density at radius 1 is 1.50 bits per heavy atom. The van der Waals surface area contributed by atoms with Gasteiger partial charge in [0.15, 0.2) is 0 Å². The first-order valence-corrected chi connectivity index (χ1v) is 5.02. The van der Waals surface area contributed by atoms with Gasteiger partial charge in [-0.2, -0.15) is 0 Å². The molecule has 1 rings (SSSR count). The average Bonchev–Trinajstić information content (AvgIpc) is 2.16. The summed E-state index contributed by atoms with van der Waals surface area (Å²) < 4.78 is 0. The smallest absolute Gasteiger partial charge is 0.319 e. The normalized spacial score (nSPS) is 14.1. The molecule has 1 aromatic carbocycles. The lowest BCUT2D eigenvalue weighted by atomic mass is 9.83. The topological polar surface area (TPSA) is 80.4 Å². The minimum Gasteiger partial charge on any atom is -0.480 e. The van der Waals surface area contributed by atoms with Crippen LogP contribution in [0, 0.1) is 5.41 Å². The largest absolute Gasteiger partial charge is 0.480 e. The van der Waals surface area contributed by atoms with Crippen molar-refractivity contribution in [3.8, 4) is 0 Å². The predicted molar refractivity (Wildman–Crippen MR) is 60.1 cm³/mol. The van der Waals surface area contributed by atoms with Crippen LogP contribution in [0.2, 0.25) is 5.02 Å². The Kier molecular flexibility index (Phi) is 3.55. The minimum absolute atomic E-state index is 0.0260. The second-order valence-corrected chi connectivity index (χ2v) is 4.24. The molecule has 4 nitrogen and oxygen atoms in total. The van der Waals surface area contributed by atoms with Gasteiger partial charge in [0.2, 0.25) is 5.91 Å². The number of amides is 1. The fraction of sp³-hybridized carbons (Fsp3) is 0.273. The molecule has 1 amide bonds. The van der Waals surface area contributed by atoms with Gasteiger partial charge in [0.1, 0.15) is 5.41 Å². The molecule has 1 aromatic rings. The number of rotatable bonds is 4. The number of benzene rings is 1. The number of hydrogen-bond donors (Lipinski definition) is 2. The van der Waals surface area contributed by atoms with Gasteiger partial charge in [-0.05, 0) is 31.0 Å². The third-order valence-corrected chi connectivity index (χ3v) is 2.70. The highest BCUT2D eigenvalue weighted by Gasteiger charge is 2.39. The number of primary amides is 1. The molecule has 3 N–H and O–H groups in total. The molecule has 0 saturated carbocycles. The van der Waals surface area contributed by atoms with Crippen molar-refractivity contribution >= 4 is 23.5 Å². The lowest BCUT2D eigenvalue weighted by Crippen LogP contribution is -2.43. The van der Waals surface area contributed by atoms with Crippen LogP contribution in [0.3, 0.4) is 0 Å². The van der Waals surface area contributed by atoms with Crippen molar-refractivity contribution in [2.45, 2.75) is 13.3 Å². The van der Waals surface area contributed by atoms with E-state index in [2.05, 4.69) is 0 Å². The van der Waals surface area contributed by atoms with Crippen LogP contribution in [-0.4, -0.2) is 17.0 Å². The lowest BCUT2D eigenvalue weighted by molar-refractivity contribution is -0.153. The van der Waals surface area contributed by atoms with E-state index in [4.69, 9.17) is 22.4 Å². The number of aliphatic carboxylic acids is 1. The van der Waals surface area contributed by atoms with Gasteiger partial charge in [0.25, 0.3) is 0 Å². The molecule has 16 heavy (non-hydrogen) atoms. The maximum atomic E-state index is 11.2. The van der Waals surface area contributed by atoms with Gasteiger partial charge in [-0.15, -0.1) is 0 Å².